The second kappa shape index (κ2) is 8.23. The van der Waals surface area contributed by atoms with Crippen LogP contribution < -0.4 is 4.90 Å². The smallest absolute Gasteiger partial charge is 0.340 e. The first-order chi connectivity index (χ1) is 15.4. The molecule has 0 unspecified atom stereocenters. The van der Waals surface area contributed by atoms with E-state index in [1.807, 2.05) is 0 Å². The molecule has 2 amide bonds. The SMILES string of the molecule is O=C(COC(=O)c1ccccc1N1C(=O)[C@@H]2[C@H]3C[C@@H]([C@H](Br)[C@@H]3Br)[C@@H]2C1=O)c1ccccc1. The van der Waals surface area contributed by atoms with Gasteiger partial charge in [-0.05, 0) is 30.4 Å². The van der Waals surface area contributed by atoms with E-state index in [1.54, 1.807) is 48.5 Å². The van der Waals surface area contributed by atoms with Gasteiger partial charge in [-0.2, -0.15) is 0 Å². The van der Waals surface area contributed by atoms with E-state index in [9.17, 15) is 19.2 Å². The van der Waals surface area contributed by atoms with E-state index in [-0.39, 0.29) is 62.2 Å². The minimum Gasteiger partial charge on any atom is -0.454 e. The van der Waals surface area contributed by atoms with E-state index in [4.69, 9.17) is 4.74 Å². The third-order valence-corrected chi connectivity index (χ3v) is 9.99. The predicted molar refractivity (Wildman–Crippen MR) is 124 cm³/mol. The standard InChI is InChI=1S/C24H19Br2NO5/c25-20-14-10-15(21(20)26)19-18(14)22(29)27(23(19)30)16-9-5-4-8-13(16)24(31)32-11-17(28)12-6-2-1-3-7-12/h1-9,14-15,18-21H,10-11H2/t14-,15-,18-,19+,20-,21+/m1/s1. The topological polar surface area (TPSA) is 80.8 Å². The van der Waals surface area contributed by atoms with Crippen LogP contribution in [0.3, 0.4) is 0 Å². The zero-order chi connectivity index (χ0) is 22.6. The summed E-state index contributed by atoms with van der Waals surface area (Å²) in [5, 5.41) is 0. The lowest BCUT2D eigenvalue weighted by Crippen LogP contribution is -2.37. The van der Waals surface area contributed by atoms with Gasteiger partial charge in [-0.15, -0.1) is 0 Å². The van der Waals surface area contributed by atoms with Crippen LogP contribution in [0.5, 0.6) is 0 Å². The average molecular weight is 561 g/mol. The van der Waals surface area contributed by atoms with Crippen molar-refractivity contribution in [3.05, 3.63) is 65.7 Å². The number of anilines is 1. The number of hydrogen-bond donors (Lipinski definition) is 0. The number of hydrogen-bond acceptors (Lipinski definition) is 5. The Hall–Kier alpha value is -2.32. The molecule has 3 aliphatic rings. The van der Waals surface area contributed by atoms with Crippen LogP contribution in [0, 0.1) is 23.7 Å². The lowest BCUT2D eigenvalue weighted by atomic mass is 9.81. The number of esters is 1. The number of benzene rings is 2. The van der Waals surface area contributed by atoms with Crippen LogP contribution >= 0.6 is 31.9 Å². The third kappa shape index (κ3) is 3.27. The summed E-state index contributed by atoms with van der Waals surface area (Å²) in [7, 11) is 0. The molecule has 32 heavy (non-hydrogen) atoms. The summed E-state index contributed by atoms with van der Waals surface area (Å²) < 4.78 is 5.24. The van der Waals surface area contributed by atoms with Gasteiger partial charge in [-0.3, -0.25) is 14.4 Å². The average Bonchev–Trinajstić information content (AvgIpc) is 3.42. The lowest BCUT2D eigenvalue weighted by molar-refractivity contribution is -0.123. The largest absolute Gasteiger partial charge is 0.454 e. The highest BCUT2D eigenvalue weighted by Gasteiger charge is 2.66. The van der Waals surface area contributed by atoms with Gasteiger partial charge in [0.25, 0.3) is 0 Å². The van der Waals surface area contributed by atoms with Crippen molar-refractivity contribution in [2.24, 2.45) is 23.7 Å². The highest BCUT2D eigenvalue weighted by molar-refractivity contribution is 9.12. The Kier molecular flexibility index (Phi) is 5.53. The van der Waals surface area contributed by atoms with Crippen molar-refractivity contribution >= 4 is 61.1 Å². The minimum atomic E-state index is -0.748. The Morgan fingerprint density at radius 2 is 1.44 bits per heavy atom. The second-order valence-corrected chi connectivity index (χ2v) is 10.5. The van der Waals surface area contributed by atoms with Gasteiger partial charge in [-0.1, -0.05) is 74.3 Å². The molecule has 1 heterocycles. The number of para-hydroxylation sites is 1. The van der Waals surface area contributed by atoms with Crippen molar-refractivity contribution in [3.8, 4) is 0 Å². The predicted octanol–water partition coefficient (Wildman–Crippen LogP) is 4.01. The number of ketones is 1. The zero-order valence-corrected chi connectivity index (χ0v) is 20.0. The van der Waals surface area contributed by atoms with Crippen LogP contribution in [0.1, 0.15) is 27.1 Å². The summed E-state index contributed by atoms with van der Waals surface area (Å²) in [5.74, 6) is -2.21. The van der Waals surface area contributed by atoms with Gasteiger partial charge < -0.3 is 4.74 Å². The lowest BCUT2D eigenvalue weighted by Gasteiger charge is -2.28. The van der Waals surface area contributed by atoms with Crippen LogP contribution in [-0.4, -0.2) is 39.8 Å². The van der Waals surface area contributed by atoms with E-state index >= 15 is 0 Å². The summed E-state index contributed by atoms with van der Waals surface area (Å²) in [6, 6.07) is 14.9. The van der Waals surface area contributed by atoms with Crippen molar-refractivity contribution in [3.63, 3.8) is 0 Å². The van der Waals surface area contributed by atoms with Gasteiger partial charge in [0.05, 0.1) is 23.1 Å². The number of rotatable bonds is 5. The molecular formula is C24H19Br2NO5. The fourth-order valence-electron chi connectivity index (χ4n) is 5.34. The van der Waals surface area contributed by atoms with Crippen LogP contribution in [0.15, 0.2) is 54.6 Å². The quantitative estimate of drug-likeness (QED) is 0.239. The molecule has 2 bridgehead atoms. The number of ether oxygens (including phenoxy) is 1. The Morgan fingerprint density at radius 3 is 2.06 bits per heavy atom. The van der Waals surface area contributed by atoms with Gasteiger partial charge in [-0.25, -0.2) is 9.69 Å². The maximum Gasteiger partial charge on any atom is 0.340 e. The molecule has 3 fully saturated rings. The molecule has 8 heteroatoms. The number of carbonyl (C=O) groups is 4. The molecule has 2 aliphatic carbocycles. The Labute approximate surface area is 201 Å². The molecule has 0 aromatic heterocycles. The van der Waals surface area contributed by atoms with Gasteiger partial charge in [0.1, 0.15) is 0 Å². The van der Waals surface area contributed by atoms with Gasteiger partial charge in [0.2, 0.25) is 11.8 Å². The zero-order valence-electron chi connectivity index (χ0n) is 16.8. The van der Waals surface area contributed by atoms with Gasteiger partial charge in [0.15, 0.2) is 12.4 Å². The van der Waals surface area contributed by atoms with Crippen LogP contribution in [0.2, 0.25) is 0 Å². The van der Waals surface area contributed by atoms with Crippen LogP contribution in [0.25, 0.3) is 0 Å². The summed E-state index contributed by atoms with van der Waals surface area (Å²) in [6.45, 7) is -0.426. The van der Waals surface area contributed by atoms with Crippen molar-refractivity contribution < 1.29 is 23.9 Å². The first kappa shape index (κ1) is 21.5. The summed E-state index contributed by atoms with van der Waals surface area (Å²) in [5.41, 5.74) is 0.745. The monoisotopic (exact) mass is 559 g/mol. The van der Waals surface area contributed by atoms with Crippen molar-refractivity contribution in [2.45, 2.75) is 16.1 Å². The maximum atomic E-state index is 13.3. The number of amides is 2. The Morgan fingerprint density at radius 1 is 0.875 bits per heavy atom. The first-order valence-electron chi connectivity index (χ1n) is 10.4. The second-order valence-electron chi connectivity index (χ2n) is 8.40. The van der Waals surface area contributed by atoms with Gasteiger partial charge in [0, 0.05) is 15.2 Å². The summed E-state index contributed by atoms with van der Waals surface area (Å²) >= 11 is 7.35. The maximum absolute atomic E-state index is 13.3. The number of fused-ring (bicyclic) bond motifs is 5. The molecule has 0 N–H and O–H groups in total. The van der Waals surface area contributed by atoms with E-state index in [2.05, 4.69) is 31.9 Å². The first-order valence-corrected chi connectivity index (χ1v) is 12.2. The highest BCUT2D eigenvalue weighted by atomic mass is 79.9. The molecule has 2 saturated carbocycles. The fraction of sp³-hybridized carbons (Fsp3) is 0.333. The van der Waals surface area contributed by atoms with Crippen LogP contribution in [0.4, 0.5) is 5.69 Å². The molecule has 0 radical (unpaired) electrons. The molecule has 2 aromatic carbocycles. The van der Waals surface area contributed by atoms with E-state index in [0.717, 1.165) is 11.3 Å². The number of imide groups is 1. The molecular weight excluding hydrogens is 542 g/mol. The Balaban J connectivity index is 1.38. The number of halogens is 2. The third-order valence-electron chi connectivity index (χ3n) is 6.78. The number of alkyl halides is 2. The molecule has 6 nitrogen and oxygen atoms in total. The molecule has 2 aromatic rings. The van der Waals surface area contributed by atoms with Crippen LogP contribution in [-0.2, 0) is 14.3 Å². The molecule has 1 saturated heterocycles. The summed E-state index contributed by atoms with van der Waals surface area (Å²) in [4.78, 5) is 53.2. The Bertz CT molecular complexity index is 1090. The van der Waals surface area contributed by atoms with Crippen molar-refractivity contribution in [1.29, 1.82) is 0 Å². The molecule has 5 rings (SSSR count). The fourth-order valence-corrected chi connectivity index (χ4v) is 7.22. The van der Waals surface area contributed by atoms with Crippen molar-refractivity contribution in [2.75, 3.05) is 11.5 Å². The highest BCUT2D eigenvalue weighted by Crippen LogP contribution is 2.60. The van der Waals surface area contributed by atoms with Gasteiger partial charge >= 0.3 is 5.97 Å². The number of carbonyl (C=O) groups excluding carboxylic acids is 4. The normalized spacial score (nSPS) is 30.5. The summed E-state index contributed by atoms with van der Waals surface area (Å²) in [6.07, 6.45) is 0.831. The molecule has 164 valence electrons. The number of Topliss-reactive ketones (excluding diaryl/α,β-unsaturated/α-hetero) is 1. The molecule has 6 atom stereocenters. The van der Waals surface area contributed by atoms with E-state index in [1.165, 1.54) is 6.07 Å². The molecule has 0 spiro atoms. The van der Waals surface area contributed by atoms with Crippen molar-refractivity contribution in [1.82, 2.24) is 0 Å². The minimum absolute atomic E-state index is 0.0819. The number of nitrogens with zero attached hydrogens (tertiary/aromatic N) is 1. The van der Waals surface area contributed by atoms with E-state index < -0.39 is 12.6 Å². The van der Waals surface area contributed by atoms with E-state index in [0.29, 0.717) is 5.56 Å². The molecule has 1 aliphatic heterocycles.